The molecule has 0 bridgehead atoms. The highest BCUT2D eigenvalue weighted by Crippen LogP contribution is 2.51. The minimum atomic E-state index is -0.893. The summed E-state index contributed by atoms with van der Waals surface area (Å²) in [5.41, 5.74) is 6.14. The van der Waals surface area contributed by atoms with Gasteiger partial charge in [0, 0.05) is 5.92 Å². The predicted molar refractivity (Wildman–Crippen MR) is 70.5 cm³/mol. The van der Waals surface area contributed by atoms with Gasteiger partial charge < -0.3 is 19.9 Å². The van der Waals surface area contributed by atoms with E-state index >= 15 is 0 Å². The molecule has 2 rings (SSSR count). The summed E-state index contributed by atoms with van der Waals surface area (Å²) in [7, 11) is 3.16. The summed E-state index contributed by atoms with van der Waals surface area (Å²) in [5, 5.41) is 0. The number of carbonyl (C=O) groups excluding carboxylic acids is 1. The fourth-order valence-corrected chi connectivity index (χ4v) is 2.25. The maximum absolute atomic E-state index is 11.8. The average molecular weight is 265 g/mol. The Morgan fingerprint density at radius 2 is 2.05 bits per heavy atom. The number of nitrogens with two attached hydrogens (primary N) is 1. The van der Waals surface area contributed by atoms with Crippen molar-refractivity contribution in [2.24, 2.45) is 5.73 Å². The highest BCUT2D eigenvalue weighted by molar-refractivity contribution is 5.86. The van der Waals surface area contributed by atoms with Crippen LogP contribution < -0.4 is 15.2 Å². The Bertz CT molecular complexity index is 488. The Morgan fingerprint density at radius 1 is 1.37 bits per heavy atom. The molecular weight excluding hydrogens is 246 g/mol. The molecule has 0 amide bonds. The molecule has 0 spiro atoms. The largest absolute Gasteiger partial charge is 0.493 e. The van der Waals surface area contributed by atoms with Gasteiger partial charge in [0.25, 0.3) is 0 Å². The van der Waals surface area contributed by atoms with Gasteiger partial charge in [-0.3, -0.25) is 4.79 Å². The van der Waals surface area contributed by atoms with E-state index in [1.165, 1.54) is 0 Å². The van der Waals surface area contributed by atoms with Crippen molar-refractivity contribution in [3.63, 3.8) is 0 Å². The Hall–Kier alpha value is -1.75. The van der Waals surface area contributed by atoms with Gasteiger partial charge in [-0.1, -0.05) is 6.07 Å². The van der Waals surface area contributed by atoms with Crippen LogP contribution in [-0.2, 0) is 9.53 Å². The van der Waals surface area contributed by atoms with Crippen LogP contribution >= 0.6 is 0 Å². The summed E-state index contributed by atoms with van der Waals surface area (Å²) in [6.07, 6.45) is 0.599. The lowest BCUT2D eigenvalue weighted by Crippen LogP contribution is -2.36. The van der Waals surface area contributed by atoms with Gasteiger partial charge in [0.1, 0.15) is 5.54 Å². The fourth-order valence-electron chi connectivity index (χ4n) is 2.25. The van der Waals surface area contributed by atoms with Gasteiger partial charge in [0.05, 0.1) is 20.8 Å². The number of hydrogen-bond acceptors (Lipinski definition) is 5. The molecule has 0 aromatic heterocycles. The summed E-state index contributed by atoms with van der Waals surface area (Å²) in [6.45, 7) is 2.12. The second-order valence-electron chi connectivity index (χ2n) is 4.63. The second-order valence-corrected chi connectivity index (χ2v) is 4.63. The zero-order valence-corrected chi connectivity index (χ0v) is 11.4. The molecule has 2 unspecified atom stereocenters. The number of benzene rings is 1. The van der Waals surface area contributed by atoms with Crippen LogP contribution in [0.5, 0.6) is 11.5 Å². The Balaban J connectivity index is 2.19. The molecule has 104 valence electrons. The maximum atomic E-state index is 11.8. The molecule has 1 aromatic carbocycles. The first-order chi connectivity index (χ1) is 9.06. The smallest absolute Gasteiger partial charge is 0.326 e. The number of ether oxygens (including phenoxy) is 3. The number of esters is 1. The van der Waals surface area contributed by atoms with E-state index < -0.39 is 5.54 Å². The van der Waals surface area contributed by atoms with Crippen LogP contribution in [-0.4, -0.2) is 32.3 Å². The van der Waals surface area contributed by atoms with E-state index in [-0.39, 0.29) is 11.9 Å². The van der Waals surface area contributed by atoms with Crippen molar-refractivity contribution in [1.82, 2.24) is 0 Å². The predicted octanol–water partition coefficient (Wildman–Crippen LogP) is 1.45. The van der Waals surface area contributed by atoms with Gasteiger partial charge in [-0.2, -0.15) is 0 Å². The van der Waals surface area contributed by atoms with Crippen molar-refractivity contribution >= 4 is 5.97 Å². The van der Waals surface area contributed by atoms with Gasteiger partial charge in [-0.15, -0.1) is 0 Å². The molecule has 1 saturated carbocycles. The van der Waals surface area contributed by atoms with Gasteiger partial charge in [-0.05, 0) is 31.0 Å². The van der Waals surface area contributed by atoms with Gasteiger partial charge in [0.2, 0.25) is 0 Å². The standard InChI is InChI=1S/C14H19NO4/c1-4-19-13(16)14(15)8-10(14)9-5-6-11(17-2)12(7-9)18-3/h5-7,10H,4,8,15H2,1-3H3. The number of hydrogen-bond donors (Lipinski definition) is 1. The molecule has 0 saturated heterocycles. The van der Waals surface area contributed by atoms with E-state index in [0.717, 1.165) is 5.56 Å². The molecule has 2 N–H and O–H groups in total. The monoisotopic (exact) mass is 265 g/mol. The molecular formula is C14H19NO4. The first-order valence-electron chi connectivity index (χ1n) is 6.24. The molecule has 1 aliphatic rings. The van der Waals surface area contributed by atoms with Crippen LogP contribution in [0.4, 0.5) is 0 Å². The summed E-state index contributed by atoms with van der Waals surface area (Å²) >= 11 is 0. The summed E-state index contributed by atoms with van der Waals surface area (Å²) in [6, 6.07) is 5.58. The van der Waals surface area contributed by atoms with Crippen LogP contribution in [0.2, 0.25) is 0 Å². The van der Waals surface area contributed by atoms with E-state index in [1.54, 1.807) is 21.1 Å². The molecule has 5 nitrogen and oxygen atoms in total. The van der Waals surface area contributed by atoms with E-state index in [9.17, 15) is 4.79 Å². The van der Waals surface area contributed by atoms with Crippen molar-refractivity contribution < 1.29 is 19.0 Å². The quantitative estimate of drug-likeness (QED) is 0.816. The first kappa shape index (κ1) is 13.7. The molecule has 1 fully saturated rings. The third-order valence-electron chi connectivity index (χ3n) is 3.47. The summed E-state index contributed by atoms with van der Waals surface area (Å²) in [5.74, 6) is 0.935. The molecule has 0 radical (unpaired) electrons. The highest BCUT2D eigenvalue weighted by Gasteiger charge is 2.59. The molecule has 1 aliphatic carbocycles. The topological polar surface area (TPSA) is 70.8 Å². The van der Waals surface area contributed by atoms with Crippen molar-refractivity contribution in [2.45, 2.75) is 24.8 Å². The zero-order chi connectivity index (χ0) is 14.0. The Morgan fingerprint density at radius 3 is 2.63 bits per heavy atom. The van der Waals surface area contributed by atoms with Crippen molar-refractivity contribution in [3.05, 3.63) is 23.8 Å². The summed E-state index contributed by atoms with van der Waals surface area (Å²) in [4.78, 5) is 11.8. The van der Waals surface area contributed by atoms with Gasteiger partial charge >= 0.3 is 5.97 Å². The normalized spacial score (nSPS) is 24.7. The van der Waals surface area contributed by atoms with Crippen LogP contribution in [0, 0.1) is 0 Å². The SMILES string of the molecule is CCOC(=O)C1(N)CC1c1ccc(OC)c(OC)c1. The minimum Gasteiger partial charge on any atom is -0.493 e. The lowest BCUT2D eigenvalue weighted by atomic mass is 10.1. The van der Waals surface area contributed by atoms with Crippen molar-refractivity contribution in [2.75, 3.05) is 20.8 Å². The number of carbonyl (C=O) groups is 1. The Labute approximate surface area is 112 Å². The highest BCUT2D eigenvalue weighted by atomic mass is 16.5. The van der Waals surface area contributed by atoms with Crippen LogP contribution in [0.1, 0.15) is 24.8 Å². The number of methoxy groups -OCH3 is 2. The molecule has 19 heavy (non-hydrogen) atoms. The zero-order valence-electron chi connectivity index (χ0n) is 11.4. The van der Waals surface area contributed by atoms with Crippen molar-refractivity contribution in [3.8, 4) is 11.5 Å². The van der Waals surface area contributed by atoms with Crippen molar-refractivity contribution in [1.29, 1.82) is 0 Å². The van der Waals surface area contributed by atoms with E-state index in [1.807, 2.05) is 18.2 Å². The molecule has 0 heterocycles. The maximum Gasteiger partial charge on any atom is 0.326 e. The van der Waals surface area contributed by atoms with Crippen LogP contribution in [0.15, 0.2) is 18.2 Å². The average Bonchev–Trinajstić information content (AvgIpc) is 3.12. The lowest BCUT2D eigenvalue weighted by molar-refractivity contribution is -0.146. The van der Waals surface area contributed by atoms with Crippen LogP contribution in [0.3, 0.4) is 0 Å². The van der Waals surface area contributed by atoms with Gasteiger partial charge in [-0.25, -0.2) is 0 Å². The molecule has 1 aromatic rings. The molecule has 0 aliphatic heterocycles. The third kappa shape index (κ3) is 2.38. The van der Waals surface area contributed by atoms with E-state index in [2.05, 4.69) is 0 Å². The van der Waals surface area contributed by atoms with E-state index in [0.29, 0.717) is 24.5 Å². The van der Waals surface area contributed by atoms with Gasteiger partial charge in [0.15, 0.2) is 11.5 Å². The third-order valence-corrected chi connectivity index (χ3v) is 3.47. The number of rotatable bonds is 5. The first-order valence-corrected chi connectivity index (χ1v) is 6.24. The lowest BCUT2D eigenvalue weighted by Gasteiger charge is -2.12. The van der Waals surface area contributed by atoms with Crippen LogP contribution in [0.25, 0.3) is 0 Å². The van der Waals surface area contributed by atoms with E-state index in [4.69, 9.17) is 19.9 Å². The second kappa shape index (κ2) is 5.09. The molecule has 5 heteroatoms. The molecule has 2 atom stereocenters. The summed E-state index contributed by atoms with van der Waals surface area (Å²) < 4.78 is 15.4. The Kier molecular flexibility index (Phi) is 3.66. The minimum absolute atomic E-state index is 0.0219. The fraction of sp³-hybridized carbons (Fsp3) is 0.500.